The Labute approximate surface area is 241 Å². The van der Waals surface area contributed by atoms with E-state index in [4.69, 9.17) is 4.65 Å². The number of aromatic carboxylic acids is 1. The third kappa shape index (κ3) is 5.95. The molecule has 2 aliphatic heterocycles. The van der Waals surface area contributed by atoms with Crippen molar-refractivity contribution in [2.75, 3.05) is 26.2 Å². The first-order chi connectivity index (χ1) is 19.9. The van der Waals surface area contributed by atoms with Crippen LogP contribution in [0.25, 0.3) is 0 Å². The standard InChI is InChI=1S/C27H31BN4O10/c1-3-9-31-10-11-32(25(37)24(31)36)27(40)30-20(17-7-8-19(33)21(34)14(17)2)23(35)29-13-16-12-15-5-4-6-18(26(38)39)22(15)42-28(16)41/h4-8,16,20,33-34,41H,3,9-13H2,1-2H3,(H,29,35)(H,30,40)(H,38,39)/t16-,20?/m1/s1. The molecule has 2 aliphatic rings. The van der Waals surface area contributed by atoms with Crippen LogP contribution in [0.2, 0.25) is 5.82 Å². The number of carbonyl (C=O) groups is 5. The normalized spacial score (nSPS) is 17.3. The van der Waals surface area contributed by atoms with Gasteiger partial charge in [0.25, 0.3) is 0 Å². The first kappa shape index (κ1) is 30.2. The van der Waals surface area contributed by atoms with Crippen molar-refractivity contribution in [2.24, 2.45) is 0 Å². The SMILES string of the molecule is CCCN1CCN(C(=O)NC(C(=O)NC[C@H]2Cc3cccc(C(=O)O)c3OB2O)c2ccc(O)c(O)c2C)C(=O)C1=O. The van der Waals surface area contributed by atoms with Gasteiger partial charge in [0.2, 0.25) is 5.91 Å². The Balaban J connectivity index is 1.53. The Morgan fingerprint density at radius 2 is 1.86 bits per heavy atom. The molecule has 0 saturated carbocycles. The molecule has 0 radical (unpaired) electrons. The minimum atomic E-state index is -1.48. The summed E-state index contributed by atoms with van der Waals surface area (Å²) in [4.78, 5) is 65.3. The number of nitrogens with zero attached hydrogens (tertiary/aromatic N) is 2. The van der Waals surface area contributed by atoms with E-state index in [0.717, 1.165) is 6.07 Å². The third-order valence-electron chi connectivity index (χ3n) is 7.33. The number of hydrogen-bond donors (Lipinski definition) is 6. The molecular weight excluding hydrogens is 551 g/mol. The molecule has 2 aromatic carbocycles. The van der Waals surface area contributed by atoms with Gasteiger partial charge in [-0.25, -0.2) is 9.59 Å². The number of para-hydroxylation sites is 1. The minimum Gasteiger partial charge on any atom is -0.535 e. The predicted octanol–water partition coefficient (Wildman–Crippen LogP) is 0.538. The fourth-order valence-corrected chi connectivity index (χ4v) is 5.01. The van der Waals surface area contributed by atoms with Crippen molar-refractivity contribution in [2.45, 2.75) is 38.5 Å². The van der Waals surface area contributed by atoms with Crippen molar-refractivity contribution < 1.29 is 49.0 Å². The third-order valence-corrected chi connectivity index (χ3v) is 7.33. The van der Waals surface area contributed by atoms with E-state index in [1.807, 2.05) is 6.92 Å². The van der Waals surface area contributed by atoms with E-state index >= 15 is 0 Å². The number of rotatable bonds is 8. The number of piperazine rings is 1. The number of phenols is 2. The van der Waals surface area contributed by atoms with Crippen LogP contribution in [0.4, 0.5) is 4.79 Å². The molecule has 5 amide bonds. The number of carbonyl (C=O) groups excluding carboxylic acids is 4. The van der Waals surface area contributed by atoms with Crippen LogP contribution in [0.3, 0.4) is 0 Å². The van der Waals surface area contributed by atoms with Crippen molar-refractivity contribution in [3.63, 3.8) is 0 Å². The molecule has 2 heterocycles. The van der Waals surface area contributed by atoms with Crippen LogP contribution in [-0.4, -0.2) is 93.2 Å². The zero-order valence-corrected chi connectivity index (χ0v) is 23.0. The topological polar surface area (TPSA) is 206 Å². The van der Waals surface area contributed by atoms with E-state index < -0.39 is 60.2 Å². The first-order valence-corrected chi connectivity index (χ1v) is 13.3. The summed E-state index contributed by atoms with van der Waals surface area (Å²) in [6, 6.07) is 4.51. The van der Waals surface area contributed by atoms with Crippen LogP contribution in [0, 0.1) is 6.92 Å². The van der Waals surface area contributed by atoms with E-state index in [1.54, 1.807) is 12.1 Å². The van der Waals surface area contributed by atoms with Crippen molar-refractivity contribution in [3.05, 3.63) is 52.6 Å². The second kappa shape index (κ2) is 12.4. The van der Waals surface area contributed by atoms with Crippen LogP contribution >= 0.6 is 0 Å². The van der Waals surface area contributed by atoms with Crippen LogP contribution in [0.15, 0.2) is 30.3 Å². The fraction of sp³-hybridized carbons (Fsp3) is 0.370. The van der Waals surface area contributed by atoms with Gasteiger partial charge in [0.05, 0.1) is 5.56 Å². The highest BCUT2D eigenvalue weighted by atomic mass is 16.5. The molecule has 2 atom stereocenters. The van der Waals surface area contributed by atoms with Gasteiger partial charge < -0.3 is 40.5 Å². The lowest BCUT2D eigenvalue weighted by Gasteiger charge is -2.33. The molecule has 222 valence electrons. The molecule has 0 spiro atoms. The molecule has 0 aromatic heterocycles. The maximum Gasteiger partial charge on any atom is 0.528 e. The van der Waals surface area contributed by atoms with Gasteiger partial charge in [-0.15, -0.1) is 0 Å². The van der Waals surface area contributed by atoms with E-state index in [-0.39, 0.29) is 48.5 Å². The second-order valence-electron chi connectivity index (χ2n) is 10.1. The molecule has 42 heavy (non-hydrogen) atoms. The summed E-state index contributed by atoms with van der Waals surface area (Å²) >= 11 is 0. The Kier molecular flexibility index (Phi) is 8.90. The summed E-state index contributed by atoms with van der Waals surface area (Å²) < 4.78 is 5.47. The van der Waals surface area contributed by atoms with Crippen molar-refractivity contribution >= 4 is 36.8 Å². The molecule has 0 bridgehead atoms. The van der Waals surface area contributed by atoms with Gasteiger partial charge in [-0.1, -0.05) is 25.1 Å². The van der Waals surface area contributed by atoms with Crippen molar-refractivity contribution in [3.8, 4) is 17.2 Å². The van der Waals surface area contributed by atoms with E-state index in [2.05, 4.69) is 10.6 Å². The summed E-state index contributed by atoms with van der Waals surface area (Å²) in [7, 11) is -1.45. The highest BCUT2D eigenvalue weighted by molar-refractivity contribution is 6.46. The maximum absolute atomic E-state index is 13.5. The summed E-state index contributed by atoms with van der Waals surface area (Å²) in [6.45, 7) is 3.51. The van der Waals surface area contributed by atoms with Crippen LogP contribution in [-0.2, 0) is 20.8 Å². The average Bonchev–Trinajstić information content (AvgIpc) is 2.96. The highest BCUT2D eigenvalue weighted by Gasteiger charge is 2.39. The quantitative estimate of drug-likeness (QED) is 0.145. The number of nitrogens with one attached hydrogen (secondary N) is 2. The second-order valence-corrected chi connectivity index (χ2v) is 10.1. The number of aromatic hydroxyl groups is 2. The molecular formula is C27H31BN4O10. The molecule has 1 unspecified atom stereocenters. The van der Waals surface area contributed by atoms with Crippen LogP contribution in [0.5, 0.6) is 17.2 Å². The number of urea groups is 1. The van der Waals surface area contributed by atoms with Gasteiger partial charge in [-0.3, -0.25) is 19.3 Å². The molecule has 14 nitrogen and oxygen atoms in total. The average molecular weight is 582 g/mol. The van der Waals surface area contributed by atoms with E-state index in [1.165, 1.54) is 24.0 Å². The van der Waals surface area contributed by atoms with Gasteiger partial charge in [-0.2, -0.15) is 0 Å². The highest BCUT2D eigenvalue weighted by Crippen LogP contribution is 2.36. The number of carboxylic acid groups (broad SMARTS) is 1. The Hall–Kier alpha value is -4.79. The van der Waals surface area contributed by atoms with Gasteiger partial charge in [0.15, 0.2) is 11.5 Å². The molecule has 15 heteroatoms. The van der Waals surface area contributed by atoms with Crippen LogP contribution in [0.1, 0.15) is 46.4 Å². The largest absolute Gasteiger partial charge is 0.535 e. The van der Waals surface area contributed by atoms with Gasteiger partial charge in [0, 0.05) is 37.6 Å². The number of hydrogen-bond acceptors (Lipinski definition) is 9. The Bertz CT molecular complexity index is 1430. The van der Waals surface area contributed by atoms with Gasteiger partial charge in [0.1, 0.15) is 11.8 Å². The van der Waals surface area contributed by atoms with Crippen molar-refractivity contribution in [1.29, 1.82) is 0 Å². The Morgan fingerprint density at radius 3 is 2.55 bits per heavy atom. The van der Waals surface area contributed by atoms with Gasteiger partial charge in [-0.05, 0) is 43.0 Å². The number of imide groups is 1. The van der Waals surface area contributed by atoms with E-state index in [9.17, 15) is 44.3 Å². The Morgan fingerprint density at radius 1 is 1.12 bits per heavy atom. The fourth-order valence-electron chi connectivity index (χ4n) is 5.01. The molecule has 4 rings (SSSR count). The molecule has 2 aromatic rings. The summed E-state index contributed by atoms with van der Waals surface area (Å²) in [5, 5.41) is 45.2. The number of amides is 5. The number of phenolic OH excluding ortho intramolecular Hbond substituents is 2. The summed E-state index contributed by atoms with van der Waals surface area (Å²) in [6.07, 6.45) is 0.802. The lowest BCUT2D eigenvalue weighted by Crippen LogP contribution is -2.59. The molecule has 1 fully saturated rings. The minimum absolute atomic E-state index is 0.0404. The monoisotopic (exact) mass is 582 g/mol. The lowest BCUT2D eigenvalue weighted by molar-refractivity contribution is -0.153. The number of fused-ring (bicyclic) bond motifs is 1. The summed E-state index contributed by atoms with van der Waals surface area (Å²) in [5.41, 5.74) is 0.607. The molecule has 0 aliphatic carbocycles. The zero-order valence-electron chi connectivity index (χ0n) is 23.0. The zero-order chi connectivity index (χ0) is 30.7. The smallest absolute Gasteiger partial charge is 0.528 e. The number of carboxylic acids is 1. The van der Waals surface area contributed by atoms with Gasteiger partial charge >= 0.3 is 30.9 Å². The van der Waals surface area contributed by atoms with Crippen LogP contribution < -0.4 is 15.3 Å². The van der Waals surface area contributed by atoms with Crippen molar-refractivity contribution in [1.82, 2.24) is 20.4 Å². The number of benzene rings is 2. The first-order valence-electron chi connectivity index (χ1n) is 13.3. The summed E-state index contributed by atoms with van der Waals surface area (Å²) in [5.74, 6) is -5.49. The lowest BCUT2D eigenvalue weighted by atomic mass is 9.66. The molecule has 6 N–H and O–H groups in total. The maximum atomic E-state index is 13.5. The van der Waals surface area contributed by atoms with E-state index in [0.29, 0.717) is 23.4 Å². The predicted molar refractivity (Wildman–Crippen MR) is 147 cm³/mol. The molecule has 1 saturated heterocycles.